The van der Waals surface area contributed by atoms with Gasteiger partial charge in [0.15, 0.2) is 0 Å². The Labute approximate surface area is 132 Å². The molecule has 1 saturated heterocycles. The Morgan fingerprint density at radius 2 is 2.14 bits per heavy atom. The van der Waals surface area contributed by atoms with Crippen LogP contribution in [0, 0.1) is 19.8 Å². The molecule has 21 heavy (non-hydrogen) atoms. The van der Waals surface area contributed by atoms with Crippen molar-refractivity contribution in [2.75, 3.05) is 18.8 Å². The smallest absolute Gasteiger partial charge is 0.222 e. The number of hydrogen-bond acceptors (Lipinski definition) is 3. The topological polar surface area (TPSA) is 38.1 Å². The Kier molecular flexibility index (Phi) is 5.36. The van der Waals surface area contributed by atoms with Crippen LogP contribution in [-0.4, -0.2) is 44.7 Å². The number of hydrogen-bond donors (Lipinski definition) is 0. The average molecular weight is 309 g/mol. The maximum absolute atomic E-state index is 12.5. The third kappa shape index (κ3) is 3.82. The molecular formula is C16H27N3OS. The fraction of sp³-hybridized carbons (Fsp3) is 0.750. The zero-order valence-corrected chi connectivity index (χ0v) is 14.7. The second-order valence-corrected chi connectivity index (χ2v) is 7.61. The Hall–Kier alpha value is -0.970. The van der Waals surface area contributed by atoms with Crippen molar-refractivity contribution in [2.24, 2.45) is 13.0 Å². The van der Waals surface area contributed by atoms with Gasteiger partial charge in [0.1, 0.15) is 0 Å². The van der Waals surface area contributed by atoms with Crippen molar-refractivity contribution in [3.63, 3.8) is 0 Å². The van der Waals surface area contributed by atoms with Gasteiger partial charge >= 0.3 is 0 Å². The third-order valence-corrected chi connectivity index (χ3v) is 5.98. The lowest BCUT2D eigenvalue weighted by Crippen LogP contribution is -2.43. The molecule has 0 unspecified atom stereocenters. The first-order valence-electron chi connectivity index (χ1n) is 7.78. The molecule has 5 heteroatoms. The molecule has 0 saturated carbocycles. The van der Waals surface area contributed by atoms with Crippen molar-refractivity contribution in [3.05, 3.63) is 17.0 Å². The minimum absolute atomic E-state index is 0.295. The zero-order chi connectivity index (χ0) is 15.6. The van der Waals surface area contributed by atoms with Gasteiger partial charge in [0, 0.05) is 43.3 Å². The van der Waals surface area contributed by atoms with E-state index in [9.17, 15) is 4.79 Å². The highest BCUT2D eigenvalue weighted by atomic mass is 32.2. The zero-order valence-electron chi connectivity index (χ0n) is 13.8. The first kappa shape index (κ1) is 16.4. The SMILES string of the molecule is Cc1nn(C)c(C)c1CCC(=O)N1CCS[C@H](C(C)C)C1. The van der Waals surface area contributed by atoms with Gasteiger partial charge < -0.3 is 4.90 Å². The monoisotopic (exact) mass is 309 g/mol. The molecule has 2 rings (SSSR count). The molecule has 1 fully saturated rings. The van der Waals surface area contributed by atoms with Crippen LogP contribution in [0.3, 0.4) is 0 Å². The van der Waals surface area contributed by atoms with E-state index in [1.807, 2.05) is 30.4 Å². The van der Waals surface area contributed by atoms with Crippen molar-refractivity contribution in [1.82, 2.24) is 14.7 Å². The van der Waals surface area contributed by atoms with Crippen LogP contribution < -0.4 is 0 Å². The van der Waals surface area contributed by atoms with E-state index in [2.05, 4.69) is 30.8 Å². The van der Waals surface area contributed by atoms with Crippen molar-refractivity contribution in [1.29, 1.82) is 0 Å². The van der Waals surface area contributed by atoms with Gasteiger partial charge in [-0.2, -0.15) is 16.9 Å². The Morgan fingerprint density at radius 1 is 1.43 bits per heavy atom. The van der Waals surface area contributed by atoms with Gasteiger partial charge in [0.05, 0.1) is 5.69 Å². The Balaban J connectivity index is 1.92. The fourth-order valence-electron chi connectivity index (χ4n) is 2.87. The number of rotatable bonds is 4. The molecular weight excluding hydrogens is 282 g/mol. The van der Waals surface area contributed by atoms with Crippen molar-refractivity contribution in [3.8, 4) is 0 Å². The number of aromatic nitrogens is 2. The molecule has 1 aliphatic heterocycles. The summed E-state index contributed by atoms with van der Waals surface area (Å²) >= 11 is 2.01. The molecule has 0 radical (unpaired) electrons. The van der Waals surface area contributed by atoms with E-state index in [1.165, 1.54) is 11.3 Å². The molecule has 4 nitrogen and oxygen atoms in total. The first-order chi connectivity index (χ1) is 9.90. The molecule has 0 aromatic carbocycles. The predicted molar refractivity (Wildman–Crippen MR) is 88.7 cm³/mol. The number of aryl methyl sites for hydroxylation is 2. The second-order valence-electron chi connectivity index (χ2n) is 6.27. The maximum atomic E-state index is 12.5. The maximum Gasteiger partial charge on any atom is 0.222 e. The minimum Gasteiger partial charge on any atom is -0.341 e. The van der Waals surface area contributed by atoms with Crippen LogP contribution in [0.5, 0.6) is 0 Å². The molecule has 1 aromatic heterocycles. The summed E-state index contributed by atoms with van der Waals surface area (Å²) in [4.78, 5) is 14.5. The lowest BCUT2D eigenvalue weighted by atomic mass is 10.1. The van der Waals surface area contributed by atoms with E-state index < -0.39 is 0 Å². The number of carbonyl (C=O) groups excluding carboxylic acids is 1. The molecule has 1 aliphatic rings. The lowest BCUT2D eigenvalue weighted by Gasteiger charge is -2.34. The first-order valence-corrected chi connectivity index (χ1v) is 8.83. The normalized spacial score (nSPS) is 19.3. The van der Waals surface area contributed by atoms with E-state index in [-0.39, 0.29) is 0 Å². The average Bonchev–Trinajstić information content (AvgIpc) is 2.70. The van der Waals surface area contributed by atoms with Crippen LogP contribution >= 0.6 is 11.8 Å². The van der Waals surface area contributed by atoms with Gasteiger partial charge in [-0.25, -0.2) is 0 Å². The predicted octanol–water partition coefficient (Wildman–Crippen LogP) is 2.57. The number of carbonyl (C=O) groups is 1. The van der Waals surface area contributed by atoms with Gasteiger partial charge in [-0.15, -0.1) is 0 Å². The van der Waals surface area contributed by atoms with Crippen molar-refractivity contribution >= 4 is 17.7 Å². The van der Waals surface area contributed by atoms with Crippen molar-refractivity contribution in [2.45, 2.75) is 45.8 Å². The molecule has 0 aliphatic carbocycles. The fourth-order valence-corrected chi connectivity index (χ4v) is 4.17. The molecule has 0 N–H and O–H groups in total. The standard InChI is InChI=1S/C16H27N3OS/c1-11(2)15-10-19(8-9-21-15)16(20)7-6-14-12(3)17-18(5)13(14)4/h11,15H,6-10H2,1-5H3/t15-/m0/s1. The second kappa shape index (κ2) is 6.86. The van der Waals surface area contributed by atoms with E-state index in [4.69, 9.17) is 0 Å². The summed E-state index contributed by atoms with van der Waals surface area (Å²) in [5.41, 5.74) is 3.46. The number of amides is 1. The van der Waals surface area contributed by atoms with Gasteiger partial charge in [-0.3, -0.25) is 9.48 Å². The number of thioether (sulfide) groups is 1. The molecule has 118 valence electrons. The third-order valence-electron chi connectivity index (χ3n) is 4.44. The summed E-state index contributed by atoms with van der Waals surface area (Å²) < 4.78 is 1.90. The summed E-state index contributed by atoms with van der Waals surface area (Å²) in [5, 5.41) is 5.01. The summed E-state index contributed by atoms with van der Waals surface area (Å²) in [7, 11) is 1.96. The lowest BCUT2D eigenvalue weighted by molar-refractivity contribution is -0.131. The highest BCUT2D eigenvalue weighted by molar-refractivity contribution is 8.00. The van der Waals surface area contributed by atoms with Crippen LogP contribution in [0.25, 0.3) is 0 Å². The van der Waals surface area contributed by atoms with Crippen LogP contribution in [0.2, 0.25) is 0 Å². The molecule has 1 aromatic rings. The summed E-state index contributed by atoms with van der Waals surface area (Å²) in [5.74, 6) is 2.00. The van der Waals surface area contributed by atoms with Crippen molar-refractivity contribution < 1.29 is 4.79 Å². The van der Waals surface area contributed by atoms with Crippen LogP contribution in [0.1, 0.15) is 37.2 Å². The molecule has 2 heterocycles. The van der Waals surface area contributed by atoms with E-state index >= 15 is 0 Å². The minimum atomic E-state index is 0.295. The summed E-state index contributed by atoms with van der Waals surface area (Å²) in [6.07, 6.45) is 1.41. The summed E-state index contributed by atoms with van der Waals surface area (Å²) in [6.45, 7) is 10.4. The van der Waals surface area contributed by atoms with Gasteiger partial charge in [0.25, 0.3) is 0 Å². The van der Waals surface area contributed by atoms with Crippen LogP contribution in [0.15, 0.2) is 0 Å². The Bertz CT molecular complexity index is 510. The van der Waals surface area contributed by atoms with Crippen LogP contribution in [-0.2, 0) is 18.3 Å². The summed E-state index contributed by atoms with van der Waals surface area (Å²) in [6, 6.07) is 0. The van der Waals surface area contributed by atoms with E-state index in [0.717, 1.165) is 31.0 Å². The van der Waals surface area contributed by atoms with Gasteiger partial charge in [-0.1, -0.05) is 13.8 Å². The highest BCUT2D eigenvalue weighted by Gasteiger charge is 2.26. The van der Waals surface area contributed by atoms with Crippen LogP contribution in [0.4, 0.5) is 0 Å². The van der Waals surface area contributed by atoms with E-state index in [1.54, 1.807) is 0 Å². The highest BCUT2D eigenvalue weighted by Crippen LogP contribution is 2.25. The molecule has 0 bridgehead atoms. The molecule has 0 spiro atoms. The Morgan fingerprint density at radius 3 is 2.71 bits per heavy atom. The van der Waals surface area contributed by atoms with Gasteiger partial charge in [-0.05, 0) is 31.7 Å². The van der Waals surface area contributed by atoms with Gasteiger partial charge in [0.2, 0.25) is 5.91 Å². The number of nitrogens with zero attached hydrogens (tertiary/aromatic N) is 3. The largest absolute Gasteiger partial charge is 0.341 e. The quantitative estimate of drug-likeness (QED) is 0.858. The molecule has 1 amide bonds. The molecule has 1 atom stereocenters. The van der Waals surface area contributed by atoms with E-state index in [0.29, 0.717) is 23.5 Å².